The maximum absolute atomic E-state index is 13.6. The number of carbonyl (C=O) groups is 2. The number of allylic oxidation sites excluding steroid dienone is 4. The lowest BCUT2D eigenvalue weighted by Gasteiger charge is -2.38. The number of nitrogens with zero attached hydrogens (tertiary/aromatic N) is 1. The van der Waals surface area contributed by atoms with Crippen LogP contribution in [0.15, 0.2) is 47.2 Å². The predicted octanol–water partition coefficient (Wildman–Crippen LogP) is 6.25. The molecule has 2 aliphatic heterocycles. The molecule has 0 spiro atoms. The number of carbonyl (C=O) groups excluding carboxylic acids is 2. The number of hydrogen-bond acceptors (Lipinski definition) is 4. The summed E-state index contributed by atoms with van der Waals surface area (Å²) >= 11 is 0. The molecule has 5 nitrogen and oxygen atoms in total. The summed E-state index contributed by atoms with van der Waals surface area (Å²) in [6.07, 6.45) is 16.7. The Balaban J connectivity index is 1.42. The van der Waals surface area contributed by atoms with E-state index in [1.165, 1.54) is 60.2 Å². The highest BCUT2D eigenvalue weighted by Crippen LogP contribution is 2.68. The molecular formula is C33H40N2O3. The van der Waals surface area contributed by atoms with E-state index < -0.39 is 5.41 Å². The van der Waals surface area contributed by atoms with Crippen LogP contribution in [0, 0.1) is 22.7 Å². The summed E-state index contributed by atoms with van der Waals surface area (Å²) in [5, 5.41) is 0. The van der Waals surface area contributed by atoms with Gasteiger partial charge in [-0.15, -0.1) is 0 Å². The van der Waals surface area contributed by atoms with Gasteiger partial charge in [0.05, 0.1) is 12.5 Å². The molecule has 0 radical (unpaired) electrons. The van der Waals surface area contributed by atoms with Gasteiger partial charge in [0.1, 0.15) is 5.75 Å². The highest BCUT2D eigenvalue weighted by Gasteiger charge is 2.65. The molecule has 1 aromatic carbocycles. The first kappa shape index (κ1) is 24.2. The Morgan fingerprint density at radius 3 is 2.50 bits per heavy atom. The van der Waals surface area contributed by atoms with Gasteiger partial charge in [0, 0.05) is 46.3 Å². The number of Topliss-reactive ketones (excluding diaryl/α,β-unsaturated/α-hetero) is 1. The van der Waals surface area contributed by atoms with Crippen LogP contribution in [0.2, 0.25) is 0 Å². The van der Waals surface area contributed by atoms with E-state index in [4.69, 9.17) is 10.5 Å². The van der Waals surface area contributed by atoms with Crippen LogP contribution < -0.4 is 10.5 Å². The van der Waals surface area contributed by atoms with E-state index in [2.05, 4.69) is 42.2 Å². The second-order valence-electron chi connectivity index (χ2n) is 13.0. The van der Waals surface area contributed by atoms with Gasteiger partial charge in [-0.05, 0) is 86.8 Å². The van der Waals surface area contributed by atoms with Gasteiger partial charge in [-0.25, -0.2) is 0 Å². The maximum atomic E-state index is 13.6. The lowest BCUT2D eigenvalue weighted by atomic mass is 9.66. The van der Waals surface area contributed by atoms with Crippen molar-refractivity contribution in [2.24, 2.45) is 28.4 Å². The number of hydrogen-bond donors (Lipinski definition) is 1. The number of rotatable bonds is 5. The molecule has 1 aromatic rings. The monoisotopic (exact) mass is 512 g/mol. The fourth-order valence-corrected chi connectivity index (χ4v) is 8.71. The molecular weight excluding hydrogens is 472 g/mol. The molecule has 2 heterocycles. The van der Waals surface area contributed by atoms with Crippen molar-refractivity contribution in [2.45, 2.75) is 83.5 Å². The Hall–Kier alpha value is -2.82. The van der Waals surface area contributed by atoms with E-state index in [0.29, 0.717) is 18.2 Å². The van der Waals surface area contributed by atoms with Gasteiger partial charge in [-0.1, -0.05) is 38.2 Å². The van der Waals surface area contributed by atoms with Gasteiger partial charge < -0.3 is 15.4 Å². The average molecular weight is 513 g/mol. The van der Waals surface area contributed by atoms with Crippen LogP contribution in [0.1, 0.15) is 94.6 Å². The fraction of sp³-hybridized carbons (Fsp3) is 0.576. The minimum atomic E-state index is -0.580. The highest BCUT2D eigenvalue weighted by atomic mass is 16.5. The second kappa shape index (κ2) is 8.59. The summed E-state index contributed by atoms with van der Waals surface area (Å²) in [5.41, 5.74) is 12.8. The molecule has 6 aliphatic rings. The number of fused-ring (bicyclic) bond motifs is 7. The molecule has 3 saturated carbocycles. The zero-order valence-corrected chi connectivity index (χ0v) is 22.9. The van der Waals surface area contributed by atoms with Gasteiger partial charge in [0.2, 0.25) is 5.91 Å². The largest absolute Gasteiger partial charge is 0.497 e. The van der Waals surface area contributed by atoms with Crippen molar-refractivity contribution in [3.8, 4) is 5.75 Å². The molecule has 3 atom stereocenters. The smallest absolute Gasteiger partial charge is 0.226 e. The van der Waals surface area contributed by atoms with E-state index in [1.54, 1.807) is 7.11 Å². The van der Waals surface area contributed by atoms with Crippen LogP contribution in [-0.4, -0.2) is 30.2 Å². The number of benzene rings is 1. The van der Waals surface area contributed by atoms with E-state index in [9.17, 15) is 9.59 Å². The Kier molecular flexibility index (Phi) is 5.48. The predicted molar refractivity (Wildman–Crippen MR) is 148 cm³/mol. The van der Waals surface area contributed by atoms with Gasteiger partial charge in [-0.3, -0.25) is 9.59 Å². The summed E-state index contributed by atoms with van der Waals surface area (Å²) < 4.78 is 5.64. The van der Waals surface area contributed by atoms with E-state index in [0.717, 1.165) is 49.8 Å². The molecule has 0 saturated heterocycles. The molecule has 2 N–H and O–H groups in total. The Bertz CT molecular complexity index is 1310. The minimum absolute atomic E-state index is 0.112. The highest BCUT2D eigenvalue weighted by molar-refractivity contribution is 6.01. The van der Waals surface area contributed by atoms with E-state index >= 15 is 0 Å². The van der Waals surface area contributed by atoms with Crippen molar-refractivity contribution in [2.75, 3.05) is 13.7 Å². The summed E-state index contributed by atoms with van der Waals surface area (Å²) in [5.74, 6) is 1.73. The van der Waals surface area contributed by atoms with Crippen LogP contribution >= 0.6 is 0 Å². The quantitative estimate of drug-likeness (QED) is 0.506. The number of primary amides is 1. The third kappa shape index (κ3) is 3.36. The number of nitrogens with two attached hydrogens (primary N) is 1. The third-order valence-corrected chi connectivity index (χ3v) is 10.9. The molecule has 3 fully saturated rings. The van der Waals surface area contributed by atoms with Crippen LogP contribution in [0.3, 0.4) is 0 Å². The lowest BCUT2D eigenvalue weighted by molar-refractivity contribution is -0.123. The van der Waals surface area contributed by atoms with Gasteiger partial charge in [0.25, 0.3) is 0 Å². The van der Waals surface area contributed by atoms with Crippen LogP contribution in [0.5, 0.6) is 5.75 Å². The fourth-order valence-electron chi connectivity index (χ4n) is 8.71. The normalized spacial score (nSPS) is 32.5. The zero-order valence-electron chi connectivity index (χ0n) is 22.9. The molecule has 38 heavy (non-hydrogen) atoms. The average Bonchev–Trinajstić information content (AvgIpc) is 3.32. The first-order chi connectivity index (χ1) is 18.4. The second-order valence-corrected chi connectivity index (χ2v) is 13.0. The van der Waals surface area contributed by atoms with Crippen molar-refractivity contribution in [1.82, 2.24) is 4.90 Å². The Morgan fingerprint density at radius 2 is 1.79 bits per heavy atom. The molecule has 7 rings (SSSR count). The number of methoxy groups -OCH3 is 1. The third-order valence-electron chi connectivity index (χ3n) is 10.9. The van der Waals surface area contributed by atoms with Gasteiger partial charge in [0.15, 0.2) is 5.78 Å². The van der Waals surface area contributed by atoms with Crippen molar-refractivity contribution < 1.29 is 14.3 Å². The van der Waals surface area contributed by atoms with Gasteiger partial charge >= 0.3 is 0 Å². The van der Waals surface area contributed by atoms with Crippen LogP contribution in [0.25, 0.3) is 5.70 Å². The number of amides is 1. The summed E-state index contributed by atoms with van der Waals surface area (Å²) in [6.45, 7) is 2.99. The molecule has 0 bridgehead atoms. The lowest BCUT2D eigenvalue weighted by Crippen LogP contribution is -2.38. The summed E-state index contributed by atoms with van der Waals surface area (Å²) in [4.78, 5) is 29.1. The molecule has 200 valence electrons. The summed E-state index contributed by atoms with van der Waals surface area (Å²) in [6, 6.07) is 6.42. The first-order valence-corrected chi connectivity index (χ1v) is 14.8. The van der Waals surface area contributed by atoms with Gasteiger partial charge in [-0.2, -0.15) is 0 Å². The first-order valence-electron chi connectivity index (χ1n) is 14.8. The standard InChI is InChI=1S/C33H40N2O3/c1-32-15-14-22(30(36)21-10-6-7-11-21)16-27(32)35-19-33(31(34)37)18-26(33)25-17-23(38-2)12-13-24(25)29(35)28(32)20-8-4-3-5-9-20/h12-14,16-17,20-21,26H,3-11,15,18-19H2,1-2H3,(H2,34,37). The maximum Gasteiger partial charge on any atom is 0.226 e. The molecule has 5 heteroatoms. The van der Waals surface area contributed by atoms with E-state index in [1.807, 2.05) is 0 Å². The number of ketones is 1. The molecule has 3 unspecified atom stereocenters. The molecule has 0 aromatic heterocycles. The van der Waals surface area contributed by atoms with Crippen LogP contribution in [-0.2, 0) is 9.59 Å². The SMILES string of the molecule is COc1ccc2c(c1)C1CC1(C(N)=O)CN1C3=CC(C(=O)C4CCCC4)=CCC3(C)C(C3CCCCC3)=C21. The van der Waals surface area contributed by atoms with Crippen molar-refractivity contribution in [3.63, 3.8) is 0 Å². The molecule has 1 amide bonds. The minimum Gasteiger partial charge on any atom is -0.497 e. The van der Waals surface area contributed by atoms with Crippen LogP contribution in [0.4, 0.5) is 0 Å². The van der Waals surface area contributed by atoms with E-state index in [-0.39, 0.29) is 23.2 Å². The zero-order chi connectivity index (χ0) is 26.2. The number of ether oxygens (including phenoxy) is 1. The Labute approximate surface area is 226 Å². The Morgan fingerprint density at radius 1 is 1.05 bits per heavy atom. The van der Waals surface area contributed by atoms with Crippen molar-refractivity contribution in [3.05, 3.63) is 58.3 Å². The molecule has 4 aliphatic carbocycles. The van der Waals surface area contributed by atoms with Crippen molar-refractivity contribution in [1.29, 1.82) is 0 Å². The van der Waals surface area contributed by atoms with Crippen molar-refractivity contribution >= 4 is 17.4 Å². The summed E-state index contributed by atoms with van der Waals surface area (Å²) in [7, 11) is 1.70. The topological polar surface area (TPSA) is 72.6 Å².